The van der Waals surface area contributed by atoms with Crippen LogP contribution in [0.2, 0.25) is 0 Å². The van der Waals surface area contributed by atoms with Crippen LogP contribution < -0.4 is 20.7 Å². The highest BCUT2D eigenvalue weighted by Crippen LogP contribution is 2.31. The Balaban J connectivity index is 1.59. The molecule has 3 rings (SSSR count). The molecule has 2 aromatic carbocycles. The van der Waals surface area contributed by atoms with Crippen LogP contribution in [-0.2, 0) is 11.3 Å². The van der Waals surface area contributed by atoms with E-state index in [0.717, 1.165) is 18.4 Å². The number of amides is 3. The van der Waals surface area contributed by atoms with E-state index in [1.807, 2.05) is 36.4 Å². The number of nitrogens with one attached hydrogen (secondary N) is 3. The number of carbonyl (C=O) groups is 2. The Morgan fingerprint density at radius 1 is 1.03 bits per heavy atom. The molecule has 0 bridgehead atoms. The topological polar surface area (TPSA) is 103 Å². The molecular formula is C22H24N4O3. The average molecular weight is 392 g/mol. The number of hydrogen-bond donors (Lipinski definition) is 3. The summed E-state index contributed by atoms with van der Waals surface area (Å²) in [4.78, 5) is 25.4. The van der Waals surface area contributed by atoms with Gasteiger partial charge in [-0.15, -0.1) is 0 Å². The van der Waals surface area contributed by atoms with E-state index in [1.54, 1.807) is 24.3 Å². The SMILES string of the molecule is N#CCOc1ccc(NC(=O)C2(NC(=O)NCc3ccccc3)CCCC2)cc1. The third kappa shape index (κ3) is 5.48. The van der Waals surface area contributed by atoms with Crippen molar-refractivity contribution in [1.82, 2.24) is 10.6 Å². The minimum atomic E-state index is -0.920. The van der Waals surface area contributed by atoms with Crippen molar-refractivity contribution in [2.24, 2.45) is 0 Å². The summed E-state index contributed by atoms with van der Waals surface area (Å²) in [6, 6.07) is 18.0. The molecule has 0 aromatic heterocycles. The number of urea groups is 1. The van der Waals surface area contributed by atoms with Gasteiger partial charge in [0.2, 0.25) is 5.91 Å². The van der Waals surface area contributed by atoms with Crippen LogP contribution in [0.3, 0.4) is 0 Å². The van der Waals surface area contributed by atoms with Crippen LogP contribution >= 0.6 is 0 Å². The van der Waals surface area contributed by atoms with Gasteiger partial charge in [0, 0.05) is 12.2 Å². The van der Waals surface area contributed by atoms with Crippen molar-refractivity contribution in [2.75, 3.05) is 11.9 Å². The highest BCUT2D eigenvalue weighted by molar-refractivity contribution is 6.00. The van der Waals surface area contributed by atoms with Crippen molar-refractivity contribution in [2.45, 2.75) is 37.8 Å². The van der Waals surface area contributed by atoms with Gasteiger partial charge in [-0.1, -0.05) is 43.2 Å². The predicted molar refractivity (Wildman–Crippen MR) is 109 cm³/mol. The monoisotopic (exact) mass is 392 g/mol. The third-order valence-corrected chi connectivity index (χ3v) is 4.96. The molecule has 7 nitrogen and oxygen atoms in total. The van der Waals surface area contributed by atoms with Gasteiger partial charge in [0.05, 0.1) is 0 Å². The molecular weight excluding hydrogens is 368 g/mol. The van der Waals surface area contributed by atoms with Gasteiger partial charge in [-0.05, 0) is 42.7 Å². The van der Waals surface area contributed by atoms with Crippen molar-refractivity contribution in [3.63, 3.8) is 0 Å². The van der Waals surface area contributed by atoms with Crippen LogP contribution in [0.1, 0.15) is 31.2 Å². The summed E-state index contributed by atoms with van der Waals surface area (Å²) >= 11 is 0. The molecule has 0 saturated heterocycles. The molecule has 3 N–H and O–H groups in total. The number of benzene rings is 2. The summed E-state index contributed by atoms with van der Waals surface area (Å²) in [6.07, 6.45) is 2.96. The first-order valence-electron chi connectivity index (χ1n) is 9.62. The fourth-order valence-corrected chi connectivity index (χ4v) is 3.43. The van der Waals surface area contributed by atoms with Gasteiger partial charge in [0.1, 0.15) is 17.4 Å². The first-order chi connectivity index (χ1) is 14.1. The van der Waals surface area contributed by atoms with Crippen molar-refractivity contribution >= 4 is 17.6 Å². The normalized spacial score (nSPS) is 14.4. The van der Waals surface area contributed by atoms with Crippen molar-refractivity contribution in [3.8, 4) is 11.8 Å². The van der Waals surface area contributed by atoms with E-state index >= 15 is 0 Å². The average Bonchev–Trinajstić information content (AvgIpc) is 3.22. The van der Waals surface area contributed by atoms with Crippen LogP contribution in [0.4, 0.5) is 10.5 Å². The molecule has 0 radical (unpaired) electrons. The van der Waals surface area contributed by atoms with Gasteiger partial charge in [-0.25, -0.2) is 4.79 Å². The molecule has 1 fully saturated rings. The minimum absolute atomic E-state index is 0.0309. The number of ether oxygens (including phenoxy) is 1. The minimum Gasteiger partial charge on any atom is -0.479 e. The second kappa shape index (κ2) is 9.60. The summed E-state index contributed by atoms with van der Waals surface area (Å²) < 4.78 is 5.21. The van der Waals surface area contributed by atoms with Crippen LogP contribution in [0, 0.1) is 11.3 Å². The Kier molecular flexibility index (Phi) is 6.69. The fourth-order valence-electron chi connectivity index (χ4n) is 3.43. The Labute approximate surface area is 170 Å². The van der Waals surface area contributed by atoms with Gasteiger partial charge in [0.15, 0.2) is 6.61 Å². The lowest BCUT2D eigenvalue weighted by molar-refractivity contribution is -0.121. The molecule has 0 spiro atoms. The predicted octanol–water partition coefficient (Wildman–Crippen LogP) is 3.34. The van der Waals surface area contributed by atoms with E-state index < -0.39 is 5.54 Å². The highest BCUT2D eigenvalue weighted by Gasteiger charge is 2.42. The lowest BCUT2D eigenvalue weighted by Crippen LogP contribution is -2.57. The lowest BCUT2D eigenvalue weighted by Gasteiger charge is -2.29. The Morgan fingerprint density at radius 3 is 2.38 bits per heavy atom. The molecule has 1 saturated carbocycles. The van der Waals surface area contributed by atoms with Crippen molar-refractivity contribution in [1.29, 1.82) is 5.26 Å². The summed E-state index contributed by atoms with van der Waals surface area (Å²) in [5.74, 6) is 0.328. The summed E-state index contributed by atoms with van der Waals surface area (Å²) in [5.41, 5.74) is 0.680. The Hall–Kier alpha value is -3.53. The molecule has 1 aliphatic carbocycles. The maximum atomic E-state index is 13.0. The maximum Gasteiger partial charge on any atom is 0.315 e. The van der Waals surface area contributed by atoms with Gasteiger partial charge in [-0.3, -0.25) is 4.79 Å². The summed E-state index contributed by atoms with van der Waals surface area (Å²) in [6.45, 7) is 0.366. The zero-order chi connectivity index (χ0) is 20.5. The summed E-state index contributed by atoms with van der Waals surface area (Å²) in [7, 11) is 0. The first kappa shape index (κ1) is 20.2. The lowest BCUT2D eigenvalue weighted by atomic mass is 9.96. The largest absolute Gasteiger partial charge is 0.479 e. The van der Waals surface area contributed by atoms with Gasteiger partial charge < -0.3 is 20.7 Å². The molecule has 0 unspecified atom stereocenters. The van der Waals surface area contributed by atoms with Crippen molar-refractivity contribution < 1.29 is 14.3 Å². The Bertz CT molecular complexity index is 869. The molecule has 150 valence electrons. The smallest absolute Gasteiger partial charge is 0.315 e. The molecule has 0 atom stereocenters. The summed E-state index contributed by atoms with van der Waals surface area (Å²) in [5, 5.41) is 17.2. The number of nitriles is 1. The van der Waals surface area contributed by atoms with Crippen LogP contribution in [0.5, 0.6) is 5.75 Å². The maximum absolute atomic E-state index is 13.0. The van der Waals surface area contributed by atoms with E-state index in [9.17, 15) is 9.59 Å². The molecule has 0 aliphatic heterocycles. The second-order valence-corrected chi connectivity index (χ2v) is 7.01. The number of anilines is 1. The second-order valence-electron chi connectivity index (χ2n) is 7.01. The molecule has 7 heteroatoms. The number of carbonyl (C=O) groups excluding carboxylic acids is 2. The van der Waals surface area contributed by atoms with E-state index in [4.69, 9.17) is 10.00 Å². The first-order valence-corrected chi connectivity index (χ1v) is 9.62. The zero-order valence-electron chi connectivity index (χ0n) is 16.1. The molecule has 1 aliphatic rings. The van der Waals surface area contributed by atoms with E-state index in [2.05, 4.69) is 16.0 Å². The number of hydrogen-bond acceptors (Lipinski definition) is 4. The standard InChI is InChI=1S/C22H24N4O3/c23-14-15-29-19-10-8-18(9-11-19)25-20(27)22(12-4-5-13-22)26-21(28)24-16-17-6-2-1-3-7-17/h1-3,6-11H,4-5,12-13,15-16H2,(H,25,27)(H2,24,26,28). The van der Waals surface area contributed by atoms with E-state index in [0.29, 0.717) is 30.8 Å². The quantitative estimate of drug-likeness (QED) is 0.672. The van der Waals surface area contributed by atoms with Crippen LogP contribution in [0.25, 0.3) is 0 Å². The molecule has 0 heterocycles. The molecule has 29 heavy (non-hydrogen) atoms. The van der Waals surface area contributed by atoms with Gasteiger partial charge in [-0.2, -0.15) is 5.26 Å². The number of nitrogens with zero attached hydrogens (tertiary/aromatic N) is 1. The van der Waals surface area contributed by atoms with Crippen LogP contribution in [0.15, 0.2) is 54.6 Å². The highest BCUT2D eigenvalue weighted by atomic mass is 16.5. The zero-order valence-corrected chi connectivity index (χ0v) is 16.1. The van der Waals surface area contributed by atoms with Crippen LogP contribution in [-0.4, -0.2) is 24.1 Å². The van der Waals surface area contributed by atoms with Gasteiger partial charge >= 0.3 is 6.03 Å². The molecule has 3 amide bonds. The van der Waals surface area contributed by atoms with E-state index in [-0.39, 0.29) is 18.5 Å². The number of rotatable bonds is 7. The van der Waals surface area contributed by atoms with Crippen molar-refractivity contribution in [3.05, 3.63) is 60.2 Å². The van der Waals surface area contributed by atoms with Gasteiger partial charge in [0.25, 0.3) is 0 Å². The fraction of sp³-hybridized carbons (Fsp3) is 0.318. The molecule has 2 aromatic rings. The third-order valence-electron chi connectivity index (χ3n) is 4.96. The Morgan fingerprint density at radius 2 is 1.72 bits per heavy atom. The van der Waals surface area contributed by atoms with E-state index in [1.165, 1.54) is 0 Å².